The van der Waals surface area contributed by atoms with Crippen LogP contribution in [0.2, 0.25) is 0 Å². The SMILES string of the molecule is Cc1cc2cc(Br)cc(N3CCCC3)c2[nH]1. The molecule has 1 aliphatic rings. The minimum absolute atomic E-state index is 1.17. The van der Waals surface area contributed by atoms with Crippen molar-refractivity contribution in [3.05, 3.63) is 28.4 Å². The Kier molecular flexibility index (Phi) is 2.43. The van der Waals surface area contributed by atoms with E-state index in [2.05, 4.69) is 50.9 Å². The van der Waals surface area contributed by atoms with E-state index in [0.29, 0.717) is 0 Å². The molecule has 0 spiro atoms. The molecule has 0 aliphatic carbocycles. The average molecular weight is 279 g/mol. The number of nitrogens with zero attached hydrogens (tertiary/aromatic N) is 1. The zero-order chi connectivity index (χ0) is 11.1. The fourth-order valence-electron chi connectivity index (χ4n) is 2.54. The minimum Gasteiger partial charge on any atom is -0.370 e. The fraction of sp³-hybridized carbons (Fsp3) is 0.385. The first-order valence-electron chi connectivity index (χ1n) is 5.78. The number of benzene rings is 1. The number of anilines is 1. The van der Waals surface area contributed by atoms with Crippen molar-refractivity contribution in [2.45, 2.75) is 19.8 Å². The molecule has 0 radical (unpaired) electrons. The molecule has 2 nitrogen and oxygen atoms in total. The summed E-state index contributed by atoms with van der Waals surface area (Å²) in [5.41, 5.74) is 3.85. The quantitative estimate of drug-likeness (QED) is 0.840. The molecule has 3 rings (SSSR count). The second-order valence-corrected chi connectivity index (χ2v) is 5.45. The van der Waals surface area contributed by atoms with Gasteiger partial charge >= 0.3 is 0 Å². The van der Waals surface area contributed by atoms with Crippen LogP contribution in [0.1, 0.15) is 18.5 Å². The third-order valence-corrected chi connectivity index (χ3v) is 3.71. The summed E-state index contributed by atoms with van der Waals surface area (Å²) in [6.45, 7) is 4.48. The highest BCUT2D eigenvalue weighted by Crippen LogP contribution is 2.32. The molecule has 0 amide bonds. The first kappa shape index (κ1) is 10.2. The molecule has 3 heteroatoms. The monoisotopic (exact) mass is 278 g/mol. The Morgan fingerprint density at radius 1 is 1.19 bits per heavy atom. The first-order valence-corrected chi connectivity index (χ1v) is 6.57. The Hall–Kier alpha value is -0.960. The predicted octanol–water partition coefficient (Wildman–Crippen LogP) is 3.84. The van der Waals surface area contributed by atoms with Crippen LogP contribution < -0.4 is 4.90 Å². The Labute approximate surface area is 104 Å². The van der Waals surface area contributed by atoms with Crippen molar-refractivity contribution in [1.29, 1.82) is 0 Å². The van der Waals surface area contributed by atoms with Crippen molar-refractivity contribution in [3.63, 3.8) is 0 Å². The van der Waals surface area contributed by atoms with Crippen LogP contribution in [0.15, 0.2) is 22.7 Å². The molecule has 1 aromatic carbocycles. The van der Waals surface area contributed by atoms with Crippen LogP contribution in [0.4, 0.5) is 5.69 Å². The summed E-state index contributed by atoms with van der Waals surface area (Å²) in [6, 6.07) is 6.61. The molecule has 0 unspecified atom stereocenters. The lowest BCUT2D eigenvalue weighted by molar-refractivity contribution is 0.949. The summed E-state index contributed by atoms with van der Waals surface area (Å²) < 4.78 is 1.17. The number of hydrogen-bond acceptors (Lipinski definition) is 1. The molecule has 1 aliphatic heterocycles. The highest BCUT2D eigenvalue weighted by Gasteiger charge is 2.16. The zero-order valence-electron chi connectivity index (χ0n) is 9.39. The van der Waals surface area contributed by atoms with Gasteiger partial charge in [0.1, 0.15) is 0 Å². The van der Waals surface area contributed by atoms with Crippen LogP contribution in [0.25, 0.3) is 10.9 Å². The van der Waals surface area contributed by atoms with Crippen molar-refractivity contribution < 1.29 is 0 Å². The molecule has 0 saturated carbocycles. The van der Waals surface area contributed by atoms with Gasteiger partial charge in [-0.2, -0.15) is 0 Å². The number of fused-ring (bicyclic) bond motifs is 1. The molecule has 84 valence electrons. The van der Waals surface area contributed by atoms with Crippen molar-refractivity contribution in [2.24, 2.45) is 0 Å². The van der Waals surface area contributed by atoms with Crippen molar-refractivity contribution in [2.75, 3.05) is 18.0 Å². The summed E-state index contributed by atoms with van der Waals surface area (Å²) in [4.78, 5) is 5.94. The van der Waals surface area contributed by atoms with Crippen LogP contribution in [-0.4, -0.2) is 18.1 Å². The first-order chi connectivity index (χ1) is 7.74. The second-order valence-electron chi connectivity index (χ2n) is 4.54. The average Bonchev–Trinajstić information content (AvgIpc) is 2.83. The molecule has 1 fully saturated rings. The maximum absolute atomic E-state index is 3.60. The van der Waals surface area contributed by atoms with Crippen LogP contribution in [0, 0.1) is 6.92 Å². The predicted molar refractivity (Wildman–Crippen MR) is 72.2 cm³/mol. The van der Waals surface area contributed by atoms with E-state index in [9.17, 15) is 0 Å². The second kappa shape index (κ2) is 3.81. The van der Waals surface area contributed by atoms with Crippen molar-refractivity contribution in [1.82, 2.24) is 4.98 Å². The highest BCUT2D eigenvalue weighted by molar-refractivity contribution is 9.10. The highest BCUT2D eigenvalue weighted by atomic mass is 79.9. The molecule has 0 bridgehead atoms. The van der Waals surface area contributed by atoms with Gasteiger partial charge in [0, 0.05) is 28.6 Å². The van der Waals surface area contributed by atoms with Gasteiger partial charge in [-0.05, 0) is 38.0 Å². The molecular weight excluding hydrogens is 264 g/mol. The van der Waals surface area contributed by atoms with Gasteiger partial charge in [-0.15, -0.1) is 0 Å². The van der Waals surface area contributed by atoms with E-state index >= 15 is 0 Å². The van der Waals surface area contributed by atoms with E-state index in [1.165, 1.54) is 52.7 Å². The number of nitrogens with one attached hydrogen (secondary N) is 1. The summed E-state index contributed by atoms with van der Waals surface area (Å²) in [5, 5.41) is 1.30. The molecule has 1 N–H and O–H groups in total. The molecular formula is C13H15BrN2. The van der Waals surface area contributed by atoms with E-state index in [0.717, 1.165) is 0 Å². The smallest absolute Gasteiger partial charge is 0.0694 e. The standard InChI is InChI=1S/C13H15BrN2/c1-9-6-10-7-11(14)8-12(13(10)15-9)16-4-2-3-5-16/h6-8,15H,2-5H2,1H3. The van der Waals surface area contributed by atoms with Gasteiger partial charge in [-0.3, -0.25) is 0 Å². The van der Waals surface area contributed by atoms with Gasteiger partial charge in [0.2, 0.25) is 0 Å². The van der Waals surface area contributed by atoms with Gasteiger partial charge in [-0.1, -0.05) is 15.9 Å². The molecule has 2 heterocycles. The van der Waals surface area contributed by atoms with Crippen molar-refractivity contribution in [3.8, 4) is 0 Å². The maximum atomic E-state index is 3.60. The van der Waals surface area contributed by atoms with Crippen LogP contribution >= 0.6 is 15.9 Å². The lowest BCUT2D eigenvalue weighted by Crippen LogP contribution is -2.17. The number of halogens is 1. The van der Waals surface area contributed by atoms with E-state index in [4.69, 9.17) is 0 Å². The molecule has 16 heavy (non-hydrogen) atoms. The Balaban J connectivity index is 2.20. The zero-order valence-corrected chi connectivity index (χ0v) is 11.0. The van der Waals surface area contributed by atoms with Crippen LogP contribution in [0.5, 0.6) is 0 Å². The Bertz CT molecular complexity index is 524. The lowest BCUT2D eigenvalue weighted by Gasteiger charge is -2.18. The number of hydrogen-bond donors (Lipinski definition) is 1. The van der Waals surface area contributed by atoms with E-state index in [1.54, 1.807) is 0 Å². The number of aromatic amines is 1. The van der Waals surface area contributed by atoms with E-state index < -0.39 is 0 Å². The van der Waals surface area contributed by atoms with E-state index in [1.807, 2.05) is 0 Å². The third-order valence-electron chi connectivity index (χ3n) is 3.25. The number of aryl methyl sites for hydroxylation is 1. The van der Waals surface area contributed by atoms with Crippen LogP contribution in [0.3, 0.4) is 0 Å². The summed E-state index contributed by atoms with van der Waals surface area (Å²) in [5.74, 6) is 0. The lowest BCUT2D eigenvalue weighted by atomic mass is 10.2. The van der Waals surface area contributed by atoms with Crippen LogP contribution in [-0.2, 0) is 0 Å². The summed E-state index contributed by atoms with van der Waals surface area (Å²) in [6.07, 6.45) is 2.63. The fourth-order valence-corrected chi connectivity index (χ4v) is 3.00. The van der Waals surface area contributed by atoms with Gasteiger partial charge in [0.05, 0.1) is 11.2 Å². The third kappa shape index (κ3) is 1.63. The topological polar surface area (TPSA) is 19.0 Å². The number of aromatic nitrogens is 1. The normalized spacial score (nSPS) is 16.2. The summed E-state index contributed by atoms with van der Waals surface area (Å²) >= 11 is 3.60. The Morgan fingerprint density at radius 3 is 2.69 bits per heavy atom. The largest absolute Gasteiger partial charge is 0.370 e. The maximum Gasteiger partial charge on any atom is 0.0694 e. The number of H-pyrrole nitrogens is 1. The number of rotatable bonds is 1. The molecule has 1 saturated heterocycles. The van der Waals surface area contributed by atoms with E-state index in [-0.39, 0.29) is 0 Å². The van der Waals surface area contributed by atoms with Gasteiger partial charge in [-0.25, -0.2) is 0 Å². The Morgan fingerprint density at radius 2 is 1.94 bits per heavy atom. The van der Waals surface area contributed by atoms with Gasteiger partial charge in [0.15, 0.2) is 0 Å². The molecule has 1 aromatic heterocycles. The molecule has 2 aromatic rings. The molecule has 0 atom stereocenters. The summed E-state index contributed by atoms with van der Waals surface area (Å²) in [7, 11) is 0. The minimum atomic E-state index is 1.17. The van der Waals surface area contributed by atoms with Gasteiger partial charge < -0.3 is 9.88 Å². The van der Waals surface area contributed by atoms with Crippen molar-refractivity contribution >= 4 is 32.5 Å². The van der Waals surface area contributed by atoms with Gasteiger partial charge in [0.25, 0.3) is 0 Å².